The van der Waals surface area contributed by atoms with Gasteiger partial charge in [-0.2, -0.15) is 0 Å². The van der Waals surface area contributed by atoms with E-state index in [9.17, 15) is 4.79 Å². The van der Waals surface area contributed by atoms with Crippen LogP contribution >= 0.6 is 0 Å². The van der Waals surface area contributed by atoms with Crippen LogP contribution in [0, 0.1) is 5.92 Å². The van der Waals surface area contributed by atoms with E-state index in [2.05, 4.69) is 31.2 Å². The summed E-state index contributed by atoms with van der Waals surface area (Å²) in [6.07, 6.45) is 4.97. The van der Waals surface area contributed by atoms with Gasteiger partial charge in [0.05, 0.1) is 6.10 Å². The molecule has 0 radical (unpaired) electrons. The van der Waals surface area contributed by atoms with E-state index in [0.29, 0.717) is 0 Å². The molecule has 2 unspecified atom stereocenters. The van der Waals surface area contributed by atoms with Crippen molar-refractivity contribution in [1.82, 2.24) is 10.2 Å². The van der Waals surface area contributed by atoms with E-state index in [1.807, 2.05) is 13.8 Å². The molecule has 0 saturated heterocycles. The number of hydrogen-bond donors (Lipinski definition) is 1. The maximum Gasteiger partial charge on any atom is 0.246 e. The minimum Gasteiger partial charge on any atom is -0.369 e. The molecular formula is C15H30N2O2. The lowest BCUT2D eigenvalue weighted by molar-refractivity contribution is -0.127. The molecule has 0 aromatic carbocycles. The molecule has 1 saturated carbocycles. The molecule has 1 amide bonds. The SMILES string of the molecule is CC1CCCC(CNC(=O)COC(C)C)(N(C)C)C1. The van der Waals surface area contributed by atoms with Crippen molar-refractivity contribution < 1.29 is 9.53 Å². The molecule has 0 aromatic heterocycles. The van der Waals surface area contributed by atoms with Crippen LogP contribution in [-0.2, 0) is 9.53 Å². The second-order valence-electron chi connectivity index (χ2n) is 6.46. The smallest absolute Gasteiger partial charge is 0.246 e. The van der Waals surface area contributed by atoms with Gasteiger partial charge in [-0.25, -0.2) is 0 Å². The summed E-state index contributed by atoms with van der Waals surface area (Å²) in [5.41, 5.74) is 0.116. The van der Waals surface area contributed by atoms with Crippen LogP contribution in [0.5, 0.6) is 0 Å². The second-order valence-corrected chi connectivity index (χ2v) is 6.46. The van der Waals surface area contributed by atoms with E-state index >= 15 is 0 Å². The third-order valence-corrected chi connectivity index (χ3v) is 4.18. The Hall–Kier alpha value is -0.610. The number of nitrogens with zero attached hydrogens (tertiary/aromatic N) is 1. The Morgan fingerprint density at radius 3 is 2.68 bits per heavy atom. The fraction of sp³-hybridized carbons (Fsp3) is 0.933. The van der Waals surface area contributed by atoms with Crippen LogP contribution in [0.4, 0.5) is 0 Å². The Kier molecular flexibility index (Phi) is 6.27. The Morgan fingerprint density at radius 1 is 1.47 bits per heavy atom. The van der Waals surface area contributed by atoms with Crippen LogP contribution in [0.15, 0.2) is 0 Å². The molecule has 2 atom stereocenters. The minimum absolute atomic E-state index is 0.00634. The maximum absolute atomic E-state index is 11.8. The number of rotatable bonds is 6. The topological polar surface area (TPSA) is 41.6 Å². The number of hydrogen-bond acceptors (Lipinski definition) is 3. The molecule has 1 N–H and O–H groups in total. The van der Waals surface area contributed by atoms with Crippen molar-refractivity contribution >= 4 is 5.91 Å². The Bertz CT molecular complexity index is 292. The van der Waals surface area contributed by atoms with E-state index in [-0.39, 0.29) is 24.2 Å². The predicted octanol–water partition coefficient (Wildman–Crippen LogP) is 2.04. The quantitative estimate of drug-likeness (QED) is 0.803. The molecule has 1 rings (SSSR count). The van der Waals surface area contributed by atoms with Crippen molar-refractivity contribution in [3.8, 4) is 0 Å². The van der Waals surface area contributed by atoms with E-state index in [0.717, 1.165) is 25.3 Å². The fourth-order valence-corrected chi connectivity index (χ4v) is 2.91. The number of likely N-dealkylation sites (N-methyl/N-ethyl adjacent to an activating group) is 1. The van der Waals surface area contributed by atoms with Gasteiger partial charge < -0.3 is 15.0 Å². The number of ether oxygens (including phenoxy) is 1. The van der Waals surface area contributed by atoms with Gasteiger partial charge in [0.1, 0.15) is 6.61 Å². The average molecular weight is 270 g/mol. The van der Waals surface area contributed by atoms with Crippen LogP contribution in [0.3, 0.4) is 0 Å². The zero-order chi connectivity index (χ0) is 14.5. The standard InChI is InChI=1S/C15H30N2O2/c1-12(2)19-10-14(18)16-11-15(17(4)5)8-6-7-13(3)9-15/h12-13H,6-11H2,1-5H3,(H,16,18). The zero-order valence-corrected chi connectivity index (χ0v) is 13.2. The third kappa shape index (κ3) is 5.11. The van der Waals surface area contributed by atoms with Crippen molar-refractivity contribution in [2.24, 2.45) is 5.92 Å². The molecule has 0 spiro atoms. The molecular weight excluding hydrogens is 240 g/mol. The molecule has 0 aromatic rings. The van der Waals surface area contributed by atoms with Crippen molar-refractivity contribution in [2.45, 2.75) is 58.1 Å². The zero-order valence-electron chi connectivity index (χ0n) is 13.2. The molecule has 1 aliphatic rings. The summed E-state index contributed by atoms with van der Waals surface area (Å²) < 4.78 is 5.33. The summed E-state index contributed by atoms with van der Waals surface area (Å²) in [5, 5.41) is 3.04. The molecule has 4 heteroatoms. The summed E-state index contributed by atoms with van der Waals surface area (Å²) in [6, 6.07) is 0. The van der Waals surface area contributed by atoms with Crippen LogP contribution in [0.2, 0.25) is 0 Å². The van der Waals surface area contributed by atoms with E-state index in [4.69, 9.17) is 4.74 Å². The van der Waals surface area contributed by atoms with Crippen LogP contribution < -0.4 is 5.32 Å². The first-order chi connectivity index (χ1) is 8.85. The van der Waals surface area contributed by atoms with Gasteiger partial charge in [0.25, 0.3) is 0 Å². The van der Waals surface area contributed by atoms with E-state index in [1.165, 1.54) is 12.8 Å². The van der Waals surface area contributed by atoms with Gasteiger partial charge in [-0.05, 0) is 46.7 Å². The lowest BCUT2D eigenvalue weighted by atomic mass is 9.75. The van der Waals surface area contributed by atoms with Gasteiger partial charge in [-0.3, -0.25) is 4.79 Å². The van der Waals surface area contributed by atoms with Crippen molar-refractivity contribution in [3.05, 3.63) is 0 Å². The highest BCUT2D eigenvalue weighted by atomic mass is 16.5. The predicted molar refractivity (Wildman–Crippen MR) is 78.1 cm³/mol. The molecule has 1 aliphatic carbocycles. The Morgan fingerprint density at radius 2 is 2.16 bits per heavy atom. The van der Waals surface area contributed by atoms with Gasteiger partial charge in [-0.1, -0.05) is 19.8 Å². The number of nitrogens with one attached hydrogen (secondary N) is 1. The van der Waals surface area contributed by atoms with Crippen molar-refractivity contribution in [1.29, 1.82) is 0 Å². The summed E-state index contributed by atoms with van der Waals surface area (Å²) in [7, 11) is 4.24. The summed E-state index contributed by atoms with van der Waals surface area (Å²) >= 11 is 0. The molecule has 19 heavy (non-hydrogen) atoms. The molecule has 4 nitrogen and oxygen atoms in total. The molecule has 0 bridgehead atoms. The maximum atomic E-state index is 11.8. The first kappa shape index (κ1) is 16.4. The Balaban J connectivity index is 2.48. The van der Waals surface area contributed by atoms with Gasteiger partial charge >= 0.3 is 0 Å². The number of carbonyl (C=O) groups is 1. The largest absolute Gasteiger partial charge is 0.369 e. The molecule has 112 valence electrons. The lowest BCUT2D eigenvalue weighted by Crippen LogP contribution is -2.55. The normalized spacial score (nSPS) is 27.8. The summed E-state index contributed by atoms with van der Waals surface area (Å²) in [4.78, 5) is 14.1. The minimum atomic E-state index is -0.00634. The van der Waals surface area contributed by atoms with Gasteiger partial charge in [-0.15, -0.1) is 0 Å². The molecule has 0 heterocycles. The first-order valence-electron chi connectivity index (χ1n) is 7.41. The van der Waals surface area contributed by atoms with Gasteiger partial charge in [0.15, 0.2) is 0 Å². The second kappa shape index (κ2) is 7.25. The molecule has 0 aliphatic heterocycles. The van der Waals surface area contributed by atoms with Crippen LogP contribution in [0.1, 0.15) is 46.5 Å². The average Bonchev–Trinajstić information content (AvgIpc) is 2.33. The first-order valence-corrected chi connectivity index (χ1v) is 7.41. The fourth-order valence-electron chi connectivity index (χ4n) is 2.91. The van der Waals surface area contributed by atoms with Crippen molar-refractivity contribution in [3.63, 3.8) is 0 Å². The number of carbonyl (C=O) groups excluding carboxylic acids is 1. The van der Waals surface area contributed by atoms with Crippen molar-refractivity contribution in [2.75, 3.05) is 27.2 Å². The summed E-state index contributed by atoms with van der Waals surface area (Å²) in [6.45, 7) is 7.08. The van der Waals surface area contributed by atoms with E-state index in [1.54, 1.807) is 0 Å². The number of amides is 1. The Labute approximate surface area is 117 Å². The highest BCUT2D eigenvalue weighted by Crippen LogP contribution is 2.35. The highest BCUT2D eigenvalue weighted by Gasteiger charge is 2.37. The highest BCUT2D eigenvalue weighted by molar-refractivity contribution is 5.77. The van der Waals surface area contributed by atoms with E-state index < -0.39 is 0 Å². The van der Waals surface area contributed by atoms with Crippen LogP contribution in [0.25, 0.3) is 0 Å². The van der Waals surface area contributed by atoms with Gasteiger partial charge in [0, 0.05) is 12.1 Å². The monoisotopic (exact) mass is 270 g/mol. The van der Waals surface area contributed by atoms with Gasteiger partial charge in [0.2, 0.25) is 5.91 Å². The summed E-state index contributed by atoms with van der Waals surface area (Å²) in [5.74, 6) is 0.730. The van der Waals surface area contributed by atoms with Crippen LogP contribution in [-0.4, -0.2) is 49.7 Å². The lowest BCUT2D eigenvalue weighted by Gasteiger charge is -2.45. The third-order valence-electron chi connectivity index (χ3n) is 4.18. The molecule has 1 fully saturated rings.